The molecule has 2 aromatic rings. The van der Waals surface area contributed by atoms with Crippen LogP contribution in [0.25, 0.3) is 0 Å². The second-order valence-corrected chi connectivity index (χ2v) is 5.38. The summed E-state index contributed by atoms with van der Waals surface area (Å²) in [4.78, 5) is 12.1. The van der Waals surface area contributed by atoms with E-state index in [1.54, 1.807) is 25.1 Å². The molecule has 0 bridgehead atoms. The Hall–Kier alpha value is -2.67. The van der Waals surface area contributed by atoms with Crippen molar-refractivity contribution >= 4 is 11.6 Å². The summed E-state index contributed by atoms with van der Waals surface area (Å²) in [5.74, 6) is -0.549. The number of hydrogen-bond acceptors (Lipinski definition) is 4. The molecule has 1 atom stereocenters. The highest BCUT2D eigenvalue weighted by Crippen LogP contribution is 2.28. The summed E-state index contributed by atoms with van der Waals surface area (Å²) in [5, 5.41) is 5.61. The lowest BCUT2D eigenvalue weighted by Crippen LogP contribution is -2.30. The Morgan fingerprint density at radius 3 is 2.52 bits per heavy atom. The van der Waals surface area contributed by atoms with Crippen LogP contribution in [0.3, 0.4) is 0 Å². The van der Waals surface area contributed by atoms with Gasteiger partial charge in [0.25, 0.3) is 0 Å². The van der Waals surface area contributed by atoms with Gasteiger partial charge in [0.2, 0.25) is 5.91 Å². The molecule has 2 N–H and O–H groups in total. The molecule has 2 rings (SSSR count). The fourth-order valence-electron chi connectivity index (χ4n) is 2.30. The standard InChI is InChI=1S/C18H20F2N2O3/c1-11(14-6-4-12(19)8-15(14)20)21-10-18(23)22-16-7-5-13(24-2)9-17(16)25-3/h4-9,11,21H,10H2,1-3H3,(H,22,23)/t11-/m0/s1. The number of nitrogens with one attached hydrogen (secondary N) is 2. The van der Waals surface area contributed by atoms with E-state index in [0.717, 1.165) is 6.07 Å². The molecule has 0 radical (unpaired) electrons. The Balaban J connectivity index is 1.96. The summed E-state index contributed by atoms with van der Waals surface area (Å²) in [6, 6.07) is 7.91. The molecule has 0 saturated carbocycles. The van der Waals surface area contributed by atoms with Gasteiger partial charge in [0.1, 0.15) is 23.1 Å². The molecule has 25 heavy (non-hydrogen) atoms. The highest BCUT2D eigenvalue weighted by atomic mass is 19.1. The Bertz CT molecular complexity index is 753. The van der Waals surface area contributed by atoms with Gasteiger partial charge < -0.3 is 20.1 Å². The quantitative estimate of drug-likeness (QED) is 0.805. The molecule has 5 nitrogen and oxygen atoms in total. The molecule has 0 aliphatic rings. The van der Waals surface area contributed by atoms with Crippen LogP contribution in [0.15, 0.2) is 36.4 Å². The fraction of sp³-hybridized carbons (Fsp3) is 0.278. The van der Waals surface area contributed by atoms with Crippen molar-refractivity contribution < 1.29 is 23.0 Å². The van der Waals surface area contributed by atoms with Gasteiger partial charge in [0.15, 0.2) is 0 Å². The average molecular weight is 350 g/mol. The van der Waals surface area contributed by atoms with Crippen LogP contribution in [0.2, 0.25) is 0 Å². The van der Waals surface area contributed by atoms with Gasteiger partial charge in [-0.2, -0.15) is 0 Å². The lowest BCUT2D eigenvalue weighted by atomic mass is 10.1. The number of methoxy groups -OCH3 is 2. The van der Waals surface area contributed by atoms with Gasteiger partial charge in [0, 0.05) is 23.7 Å². The van der Waals surface area contributed by atoms with E-state index in [4.69, 9.17) is 9.47 Å². The average Bonchev–Trinajstić information content (AvgIpc) is 2.60. The Morgan fingerprint density at radius 1 is 1.12 bits per heavy atom. The number of benzene rings is 2. The third kappa shape index (κ3) is 4.90. The number of ether oxygens (including phenoxy) is 2. The highest BCUT2D eigenvalue weighted by molar-refractivity contribution is 5.93. The Labute approximate surface area is 144 Å². The van der Waals surface area contributed by atoms with E-state index >= 15 is 0 Å². The summed E-state index contributed by atoms with van der Waals surface area (Å²) in [6.07, 6.45) is 0. The highest BCUT2D eigenvalue weighted by Gasteiger charge is 2.14. The predicted octanol–water partition coefficient (Wildman–Crippen LogP) is 3.27. The number of halogens is 2. The Kier molecular flexibility index (Phi) is 6.30. The predicted molar refractivity (Wildman–Crippen MR) is 91.0 cm³/mol. The van der Waals surface area contributed by atoms with Crippen molar-refractivity contribution in [2.75, 3.05) is 26.1 Å². The van der Waals surface area contributed by atoms with E-state index in [2.05, 4.69) is 10.6 Å². The van der Waals surface area contributed by atoms with E-state index < -0.39 is 17.7 Å². The van der Waals surface area contributed by atoms with Crippen molar-refractivity contribution in [1.82, 2.24) is 5.32 Å². The van der Waals surface area contributed by atoms with Crippen molar-refractivity contribution in [3.05, 3.63) is 53.6 Å². The lowest BCUT2D eigenvalue weighted by molar-refractivity contribution is -0.115. The molecule has 0 aliphatic heterocycles. The summed E-state index contributed by atoms with van der Waals surface area (Å²) < 4.78 is 37.0. The van der Waals surface area contributed by atoms with E-state index in [1.165, 1.54) is 26.4 Å². The minimum absolute atomic E-state index is 0.0484. The molecule has 0 fully saturated rings. The van der Waals surface area contributed by atoms with E-state index in [-0.39, 0.29) is 18.0 Å². The zero-order valence-electron chi connectivity index (χ0n) is 14.2. The van der Waals surface area contributed by atoms with E-state index in [0.29, 0.717) is 17.2 Å². The molecule has 0 heterocycles. The van der Waals surface area contributed by atoms with Gasteiger partial charge in [-0.25, -0.2) is 8.78 Å². The number of anilines is 1. The Morgan fingerprint density at radius 2 is 1.88 bits per heavy atom. The van der Waals surface area contributed by atoms with Crippen molar-refractivity contribution in [1.29, 1.82) is 0 Å². The summed E-state index contributed by atoms with van der Waals surface area (Å²) in [7, 11) is 3.02. The van der Waals surface area contributed by atoms with Gasteiger partial charge >= 0.3 is 0 Å². The normalized spacial score (nSPS) is 11.7. The minimum atomic E-state index is -0.655. The first-order valence-corrected chi connectivity index (χ1v) is 7.64. The first-order chi connectivity index (χ1) is 11.9. The van der Waals surface area contributed by atoms with Gasteiger partial charge in [-0.15, -0.1) is 0 Å². The molecule has 0 saturated heterocycles. The van der Waals surface area contributed by atoms with Crippen molar-refractivity contribution in [3.63, 3.8) is 0 Å². The summed E-state index contributed by atoms with van der Waals surface area (Å²) >= 11 is 0. The second kappa shape index (κ2) is 8.43. The second-order valence-electron chi connectivity index (χ2n) is 5.38. The number of hydrogen-bond donors (Lipinski definition) is 2. The van der Waals surface area contributed by atoms with Crippen LogP contribution in [0.1, 0.15) is 18.5 Å². The minimum Gasteiger partial charge on any atom is -0.497 e. The van der Waals surface area contributed by atoms with E-state index in [1.807, 2.05) is 0 Å². The van der Waals surface area contributed by atoms with Gasteiger partial charge in [-0.05, 0) is 25.1 Å². The molecular weight excluding hydrogens is 330 g/mol. The van der Waals surface area contributed by atoms with Crippen molar-refractivity contribution in [2.45, 2.75) is 13.0 Å². The fourth-order valence-corrected chi connectivity index (χ4v) is 2.30. The van der Waals surface area contributed by atoms with Crippen LogP contribution in [-0.4, -0.2) is 26.7 Å². The topological polar surface area (TPSA) is 59.6 Å². The third-order valence-corrected chi connectivity index (χ3v) is 3.68. The van der Waals surface area contributed by atoms with Crippen molar-refractivity contribution in [2.24, 2.45) is 0 Å². The van der Waals surface area contributed by atoms with Crippen LogP contribution >= 0.6 is 0 Å². The molecule has 2 aromatic carbocycles. The maximum absolute atomic E-state index is 13.7. The number of carbonyl (C=O) groups is 1. The van der Waals surface area contributed by atoms with Crippen LogP contribution in [0.5, 0.6) is 11.5 Å². The molecule has 1 amide bonds. The van der Waals surface area contributed by atoms with Gasteiger partial charge in [0.05, 0.1) is 26.5 Å². The van der Waals surface area contributed by atoms with Crippen LogP contribution in [-0.2, 0) is 4.79 Å². The van der Waals surface area contributed by atoms with E-state index in [9.17, 15) is 13.6 Å². The first kappa shape index (κ1) is 18.7. The number of carbonyl (C=O) groups excluding carboxylic acids is 1. The molecule has 0 aliphatic carbocycles. The maximum Gasteiger partial charge on any atom is 0.238 e. The molecule has 0 spiro atoms. The smallest absolute Gasteiger partial charge is 0.238 e. The molecule has 134 valence electrons. The molecule has 0 aromatic heterocycles. The van der Waals surface area contributed by atoms with Crippen molar-refractivity contribution in [3.8, 4) is 11.5 Å². The number of amides is 1. The first-order valence-electron chi connectivity index (χ1n) is 7.64. The zero-order valence-corrected chi connectivity index (χ0v) is 14.2. The van der Waals surface area contributed by atoms with Crippen LogP contribution in [0.4, 0.5) is 14.5 Å². The summed E-state index contributed by atoms with van der Waals surface area (Å²) in [5.41, 5.74) is 0.784. The van der Waals surface area contributed by atoms with Gasteiger partial charge in [-0.1, -0.05) is 6.07 Å². The number of rotatable bonds is 7. The largest absolute Gasteiger partial charge is 0.497 e. The van der Waals surface area contributed by atoms with Gasteiger partial charge in [-0.3, -0.25) is 4.79 Å². The SMILES string of the molecule is COc1ccc(NC(=O)CN[C@@H](C)c2ccc(F)cc2F)c(OC)c1. The molecule has 7 heteroatoms. The van der Waals surface area contributed by atoms with Crippen LogP contribution in [0, 0.1) is 11.6 Å². The molecule has 0 unspecified atom stereocenters. The third-order valence-electron chi connectivity index (χ3n) is 3.68. The lowest BCUT2D eigenvalue weighted by Gasteiger charge is -2.16. The zero-order chi connectivity index (χ0) is 18.4. The summed E-state index contributed by atoms with van der Waals surface area (Å²) in [6.45, 7) is 1.64. The molecular formula is C18H20F2N2O3. The van der Waals surface area contributed by atoms with Crippen LogP contribution < -0.4 is 20.1 Å². The maximum atomic E-state index is 13.7. The monoisotopic (exact) mass is 350 g/mol.